The maximum Gasteiger partial charge on any atom is 0.413 e. The fourth-order valence-electron chi connectivity index (χ4n) is 0.957. The van der Waals surface area contributed by atoms with Crippen LogP contribution in [0.5, 0.6) is 0 Å². The molecule has 1 heterocycles. The number of anilines is 1. The van der Waals surface area contributed by atoms with Crippen LogP contribution in [0.3, 0.4) is 0 Å². The van der Waals surface area contributed by atoms with Gasteiger partial charge in [0.2, 0.25) is 0 Å². The van der Waals surface area contributed by atoms with Gasteiger partial charge in [-0.25, -0.2) is 4.79 Å². The van der Waals surface area contributed by atoms with Crippen LogP contribution in [0.15, 0.2) is 21.5 Å². The lowest BCUT2D eigenvalue weighted by atomic mass is 10.2. The first-order valence-corrected chi connectivity index (χ1v) is 5.46. The molecule has 1 aromatic heterocycles. The van der Waals surface area contributed by atoms with E-state index in [1.54, 1.807) is 20.8 Å². The van der Waals surface area contributed by atoms with Gasteiger partial charge in [0.05, 0.1) is 0 Å². The number of hydrogen-bond donors (Lipinski definition) is 2. The molecule has 6 heteroatoms. The van der Waals surface area contributed by atoms with Crippen LogP contribution in [0, 0.1) is 0 Å². The van der Waals surface area contributed by atoms with Crippen LogP contribution >= 0.6 is 15.9 Å². The van der Waals surface area contributed by atoms with E-state index in [-0.39, 0.29) is 15.7 Å². The predicted molar refractivity (Wildman–Crippen MR) is 64.6 cm³/mol. The normalized spacial score (nSPS) is 11.0. The summed E-state index contributed by atoms with van der Waals surface area (Å²) in [4.78, 5) is 25.4. The van der Waals surface area contributed by atoms with Gasteiger partial charge in [0, 0.05) is 12.3 Å². The van der Waals surface area contributed by atoms with Gasteiger partial charge in [-0.05, 0) is 36.7 Å². The van der Waals surface area contributed by atoms with Crippen LogP contribution in [0.4, 0.5) is 10.6 Å². The zero-order chi connectivity index (χ0) is 12.3. The van der Waals surface area contributed by atoms with Crippen molar-refractivity contribution in [3.05, 3.63) is 27.0 Å². The van der Waals surface area contributed by atoms with Gasteiger partial charge < -0.3 is 9.72 Å². The second-order valence-corrected chi connectivity index (χ2v) is 4.95. The SMILES string of the molecule is CC(C)(C)OC(=O)Nc1[nH]ccc(=O)c1Br. The zero-order valence-corrected chi connectivity index (χ0v) is 10.8. The van der Waals surface area contributed by atoms with Gasteiger partial charge in [-0.15, -0.1) is 0 Å². The van der Waals surface area contributed by atoms with Gasteiger partial charge in [-0.3, -0.25) is 10.1 Å². The fourth-order valence-corrected chi connectivity index (χ4v) is 1.30. The van der Waals surface area contributed by atoms with Crippen LogP contribution in [-0.4, -0.2) is 16.7 Å². The molecule has 0 aliphatic carbocycles. The van der Waals surface area contributed by atoms with E-state index < -0.39 is 11.7 Å². The molecular weight excluding hydrogens is 276 g/mol. The Labute approximate surface area is 101 Å². The Morgan fingerprint density at radius 3 is 2.69 bits per heavy atom. The van der Waals surface area contributed by atoms with E-state index in [1.807, 2.05) is 0 Å². The Morgan fingerprint density at radius 1 is 1.50 bits per heavy atom. The third-order valence-electron chi connectivity index (χ3n) is 1.52. The van der Waals surface area contributed by atoms with E-state index in [4.69, 9.17) is 4.74 Å². The molecule has 0 radical (unpaired) electrons. The number of halogens is 1. The second kappa shape index (κ2) is 4.69. The Balaban J connectivity index is 2.78. The van der Waals surface area contributed by atoms with Crippen molar-refractivity contribution in [1.29, 1.82) is 0 Å². The van der Waals surface area contributed by atoms with Crippen LogP contribution in [0.2, 0.25) is 0 Å². The first-order valence-electron chi connectivity index (χ1n) is 4.67. The van der Waals surface area contributed by atoms with E-state index in [9.17, 15) is 9.59 Å². The van der Waals surface area contributed by atoms with E-state index in [1.165, 1.54) is 12.3 Å². The number of nitrogens with one attached hydrogen (secondary N) is 2. The van der Waals surface area contributed by atoms with Crippen molar-refractivity contribution in [1.82, 2.24) is 4.98 Å². The molecule has 0 aliphatic heterocycles. The Kier molecular flexibility index (Phi) is 3.74. The summed E-state index contributed by atoms with van der Waals surface area (Å²) in [7, 11) is 0. The average molecular weight is 289 g/mol. The predicted octanol–water partition coefficient (Wildman–Crippen LogP) is 2.48. The van der Waals surface area contributed by atoms with Gasteiger partial charge in [0.15, 0.2) is 5.43 Å². The average Bonchev–Trinajstić information content (AvgIpc) is 2.09. The van der Waals surface area contributed by atoms with Crippen LogP contribution in [0.25, 0.3) is 0 Å². The van der Waals surface area contributed by atoms with Crippen LogP contribution in [-0.2, 0) is 4.74 Å². The maximum atomic E-state index is 11.4. The van der Waals surface area contributed by atoms with Gasteiger partial charge >= 0.3 is 6.09 Å². The van der Waals surface area contributed by atoms with Crippen molar-refractivity contribution in [3.63, 3.8) is 0 Å². The summed E-state index contributed by atoms with van der Waals surface area (Å²) >= 11 is 3.07. The number of carbonyl (C=O) groups excluding carboxylic acids is 1. The standard InChI is InChI=1S/C10H13BrN2O3/c1-10(2,3)16-9(15)13-8-7(11)6(14)4-5-12-8/h4-5H,1-3H3,(H2,12,13,14,15). The maximum absolute atomic E-state index is 11.4. The lowest BCUT2D eigenvalue weighted by molar-refractivity contribution is 0.0635. The summed E-state index contributed by atoms with van der Waals surface area (Å²) in [5.74, 6) is 0.279. The number of ether oxygens (including phenoxy) is 1. The van der Waals surface area contributed by atoms with Crippen molar-refractivity contribution in [2.45, 2.75) is 26.4 Å². The number of aromatic amines is 1. The molecule has 16 heavy (non-hydrogen) atoms. The highest BCUT2D eigenvalue weighted by Gasteiger charge is 2.17. The minimum atomic E-state index is -0.616. The highest BCUT2D eigenvalue weighted by molar-refractivity contribution is 9.10. The summed E-state index contributed by atoms with van der Waals surface area (Å²) in [5, 5.41) is 2.44. The van der Waals surface area contributed by atoms with Crippen molar-refractivity contribution >= 4 is 27.8 Å². The molecule has 2 N–H and O–H groups in total. The molecule has 0 saturated carbocycles. The summed E-state index contributed by atoms with van der Waals surface area (Å²) in [6.45, 7) is 5.28. The molecule has 88 valence electrons. The summed E-state index contributed by atoms with van der Waals surface area (Å²) in [6, 6.07) is 1.35. The number of H-pyrrole nitrogens is 1. The molecule has 1 aromatic rings. The van der Waals surface area contributed by atoms with Crippen LogP contribution < -0.4 is 10.7 Å². The number of aromatic nitrogens is 1. The Bertz CT molecular complexity index is 448. The quantitative estimate of drug-likeness (QED) is 0.834. The minimum absolute atomic E-state index is 0.218. The van der Waals surface area contributed by atoms with Crippen LogP contribution in [0.1, 0.15) is 20.8 Å². The molecule has 0 fully saturated rings. The van der Waals surface area contributed by atoms with Gasteiger partial charge in [-0.2, -0.15) is 0 Å². The molecule has 0 aromatic carbocycles. The molecule has 0 unspecified atom stereocenters. The number of hydrogen-bond acceptors (Lipinski definition) is 3. The first-order chi connectivity index (χ1) is 7.29. The molecule has 0 bridgehead atoms. The van der Waals surface area contributed by atoms with Gasteiger partial charge in [0.1, 0.15) is 15.9 Å². The highest BCUT2D eigenvalue weighted by atomic mass is 79.9. The Morgan fingerprint density at radius 2 is 2.12 bits per heavy atom. The summed E-state index contributed by atoms with van der Waals surface area (Å²) in [5.41, 5.74) is -0.796. The number of pyridine rings is 1. The lowest BCUT2D eigenvalue weighted by Gasteiger charge is -2.19. The third-order valence-corrected chi connectivity index (χ3v) is 2.31. The van der Waals surface area contributed by atoms with E-state index in [2.05, 4.69) is 26.2 Å². The largest absolute Gasteiger partial charge is 0.444 e. The van der Waals surface area contributed by atoms with E-state index in [0.29, 0.717) is 0 Å². The van der Waals surface area contributed by atoms with Crippen molar-refractivity contribution < 1.29 is 9.53 Å². The number of carbonyl (C=O) groups is 1. The van der Waals surface area contributed by atoms with Gasteiger partial charge in [-0.1, -0.05) is 0 Å². The van der Waals surface area contributed by atoms with Crippen molar-refractivity contribution in [3.8, 4) is 0 Å². The summed E-state index contributed by atoms with van der Waals surface area (Å²) < 4.78 is 5.31. The van der Waals surface area contributed by atoms with Crippen molar-refractivity contribution in [2.75, 3.05) is 5.32 Å². The highest BCUT2D eigenvalue weighted by Crippen LogP contribution is 2.15. The monoisotopic (exact) mass is 288 g/mol. The molecule has 5 nitrogen and oxygen atoms in total. The second-order valence-electron chi connectivity index (χ2n) is 4.16. The molecule has 0 spiro atoms. The Hall–Kier alpha value is -1.30. The lowest BCUT2D eigenvalue weighted by Crippen LogP contribution is -2.28. The van der Waals surface area contributed by atoms with Gasteiger partial charge in [0.25, 0.3) is 0 Å². The fraction of sp³-hybridized carbons (Fsp3) is 0.400. The topological polar surface area (TPSA) is 71.2 Å². The number of amides is 1. The number of rotatable bonds is 1. The minimum Gasteiger partial charge on any atom is -0.444 e. The van der Waals surface area contributed by atoms with E-state index in [0.717, 1.165) is 0 Å². The molecule has 0 aliphatic rings. The zero-order valence-electron chi connectivity index (χ0n) is 9.26. The van der Waals surface area contributed by atoms with E-state index >= 15 is 0 Å². The molecule has 0 saturated heterocycles. The molecule has 1 amide bonds. The summed E-state index contributed by atoms with van der Waals surface area (Å²) in [6.07, 6.45) is 0.829. The molecular formula is C10H13BrN2O3. The molecule has 0 atom stereocenters. The smallest absolute Gasteiger partial charge is 0.413 e. The third kappa shape index (κ3) is 3.69. The molecule has 1 rings (SSSR count). The first kappa shape index (κ1) is 12.8. The van der Waals surface area contributed by atoms with Crippen molar-refractivity contribution in [2.24, 2.45) is 0 Å².